The molecule has 106 heavy (non-hydrogen) atoms. The Morgan fingerprint density at radius 1 is 0.623 bits per heavy atom. The second kappa shape index (κ2) is 44.6. The summed E-state index contributed by atoms with van der Waals surface area (Å²) in [5.41, 5.74) is 6.37. The van der Waals surface area contributed by atoms with Gasteiger partial charge in [0.15, 0.2) is 0 Å². The van der Waals surface area contributed by atoms with Gasteiger partial charge in [-0.1, -0.05) is 166 Å². The van der Waals surface area contributed by atoms with Crippen LogP contribution >= 0.6 is 0 Å². The minimum Gasteiger partial charge on any atom is -0.459 e. The summed E-state index contributed by atoms with van der Waals surface area (Å²) in [5, 5.41) is 43.5. The number of aliphatic hydroxyl groups is 1. The molecule has 0 radical (unpaired) electrons. The minimum atomic E-state index is -1.56. The topological polar surface area (TPSA) is 442 Å². The summed E-state index contributed by atoms with van der Waals surface area (Å²) in [6.45, 7) is 32.1. The van der Waals surface area contributed by atoms with E-state index in [9.17, 15) is 72.2 Å². The van der Waals surface area contributed by atoms with Crippen LogP contribution in [0.4, 0.5) is 0 Å². The molecule has 1 aromatic rings. The number of ether oxygens (including phenoxy) is 1. The monoisotopic (exact) mass is 1490 g/mol. The fraction of sp³-hybridized carbons (Fsp3) is 0.711. The SMILES string of the molecule is CC=C1NC(=O)C(Cc2ccccc2)NC(=O)C(C(C)C)NC(=O)C(C(C)CC)NC(=O)CC(NC(=O)C(NC(=O)C(CCCN)NC(=O)C2CCCN2C(=O)C(NC(=O)C(NC(=O)C(NC(=O)C(NC(=O)CCCC(C)C)C(C)C)C(C)O)C(C)C)C(C)C)C(C)CC)C(C)OC(=O)C(C(C)C)NC1=O. The number of allylic oxidation sites excluding steroid dienone is 1. The average molecular weight is 1490 g/mol. The van der Waals surface area contributed by atoms with E-state index in [1.807, 2.05) is 13.8 Å². The van der Waals surface area contributed by atoms with Crippen LogP contribution in [0.15, 0.2) is 42.1 Å². The molecule has 0 aromatic heterocycles. The Labute approximate surface area is 626 Å². The van der Waals surface area contributed by atoms with Gasteiger partial charge in [-0.2, -0.15) is 0 Å². The third kappa shape index (κ3) is 28.3. The molecule has 2 heterocycles. The van der Waals surface area contributed by atoms with Crippen molar-refractivity contribution < 1.29 is 77.0 Å². The number of carbonyl (C=O) groups excluding carboxylic acids is 14. The molecule has 3 rings (SSSR count). The molecule has 16 unspecified atom stereocenters. The first kappa shape index (κ1) is 91.7. The Bertz CT molecular complexity index is 3180. The zero-order chi connectivity index (χ0) is 80.1. The summed E-state index contributed by atoms with van der Waals surface area (Å²) in [6.07, 6.45) is 0.790. The summed E-state index contributed by atoms with van der Waals surface area (Å²) < 4.78 is 6.02. The van der Waals surface area contributed by atoms with Crippen LogP contribution in [-0.2, 0) is 78.3 Å². The Hall–Kier alpha value is -8.54. The number of aliphatic hydroxyl groups excluding tert-OH is 1. The number of nitrogens with two attached hydrogens (primary N) is 1. The molecule has 0 saturated carbocycles. The third-order valence-corrected chi connectivity index (χ3v) is 19.5. The van der Waals surface area contributed by atoms with E-state index in [4.69, 9.17) is 10.5 Å². The van der Waals surface area contributed by atoms with Crippen molar-refractivity contribution in [2.24, 2.45) is 53.1 Å². The molecule has 0 bridgehead atoms. The van der Waals surface area contributed by atoms with Gasteiger partial charge in [-0.05, 0) is 112 Å². The molecule has 596 valence electrons. The Morgan fingerprint density at radius 2 is 1.18 bits per heavy atom. The average Bonchev–Trinajstić information content (AvgIpc) is 1.61. The van der Waals surface area contributed by atoms with Gasteiger partial charge in [-0.15, -0.1) is 0 Å². The highest BCUT2D eigenvalue weighted by molar-refractivity contribution is 6.02. The molecule has 2 saturated heterocycles. The maximum absolute atomic E-state index is 15.0. The summed E-state index contributed by atoms with van der Waals surface area (Å²) in [5.74, 6) is -14.3. The predicted molar refractivity (Wildman–Crippen MR) is 400 cm³/mol. The molecule has 13 amide bonds. The van der Waals surface area contributed by atoms with E-state index in [1.165, 1.54) is 31.7 Å². The number of nitrogens with one attached hydrogen (secondary N) is 12. The van der Waals surface area contributed by atoms with Crippen molar-refractivity contribution in [1.29, 1.82) is 0 Å². The van der Waals surface area contributed by atoms with Crippen molar-refractivity contribution in [3.8, 4) is 0 Å². The third-order valence-electron chi connectivity index (χ3n) is 19.5. The molecule has 30 heteroatoms. The van der Waals surface area contributed by atoms with Gasteiger partial charge in [0, 0.05) is 19.4 Å². The normalized spacial score (nSPS) is 22.6. The number of amides is 13. The summed E-state index contributed by atoms with van der Waals surface area (Å²) in [6, 6.07) is -6.84. The second-order valence-corrected chi connectivity index (χ2v) is 30.6. The number of nitrogens with zero attached hydrogens (tertiary/aromatic N) is 1. The highest BCUT2D eigenvalue weighted by Crippen LogP contribution is 2.23. The van der Waals surface area contributed by atoms with Crippen LogP contribution < -0.4 is 69.5 Å². The van der Waals surface area contributed by atoms with Gasteiger partial charge in [0.1, 0.15) is 78.3 Å². The van der Waals surface area contributed by atoms with Crippen LogP contribution in [0.1, 0.15) is 201 Å². The first-order valence-electron chi connectivity index (χ1n) is 38.0. The molecule has 0 aliphatic carbocycles. The van der Waals surface area contributed by atoms with E-state index >= 15 is 0 Å². The minimum absolute atomic E-state index is 0.0225. The fourth-order valence-corrected chi connectivity index (χ4v) is 12.3. The lowest BCUT2D eigenvalue weighted by molar-refractivity contribution is -0.156. The number of rotatable bonds is 33. The van der Waals surface area contributed by atoms with Crippen LogP contribution in [0.25, 0.3) is 0 Å². The first-order valence-corrected chi connectivity index (χ1v) is 38.0. The number of benzene rings is 1. The van der Waals surface area contributed by atoms with Crippen LogP contribution in [-0.4, -0.2) is 191 Å². The quantitative estimate of drug-likeness (QED) is 0.0354. The van der Waals surface area contributed by atoms with E-state index in [-0.39, 0.29) is 56.8 Å². The number of likely N-dealkylation sites (tertiary alicyclic amines) is 1. The van der Waals surface area contributed by atoms with Gasteiger partial charge in [-0.3, -0.25) is 62.3 Å². The maximum Gasteiger partial charge on any atom is 0.329 e. The molecule has 15 N–H and O–H groups in total. The molecule has 30 nitrogen and oxygen atoms in total. The smallest absolute Gasteiger partial charge is 0.329 e. The van der Waals surface area contributed by atoms with Crippen molar-refractivity contribution in [3.05, 3.63) is 47.7 Å². The number of carbonyl (C=O) groups is 14. The van der Waals surface area contributed by atoms with Crippen LogP contribution in [0.5, 0.6) is 0 Å². The highest BCUT2D eigenvalue weighted by atomic mass is 16.5. The summed E-state index contributed by atoms with van der Waals surface area (Å²) in [4.78, 5) is 201. The lowest BCUT2D eigenvalue weighted by atomic mass is 9.95. The molecule has 2 aliphatic rings. The van der Waals surface area contributed by atoms with E-state index in [1.54, 1.807) is 127 Å². The van der Waals surface area contributed by atoms with Crippen molar-refractivity contribution in [2.45, 2.75) is 287 Å². The molecule has 1 aromatic carbocycles. The van der Waals surface area contributed by atoms with E-state index in [0.29, 0.717) is 37.2 Å². The zero-order valence-corrected chi connectivity index (χ0v) is 66.0. The van der Waals surface area contributed by atoms with Crippen molar-refractivity contribution in [1.82, 2.24) is 68.7 Å². The molecular formula is C76H126N14O16. The van der Waals surface area contributed by atoms with Crippen LogP contribution in [0.3, 0.4) is 0 Å². The van der Waals surface area contributed by atoms with Gasteiger partial charge in [-0.25, -0.2) is 4.79 Å². The molecule has 16 atom stereocenters. The van der Waals surface area contributed by atoms with Gasteiger partial charge in [0.05, 0.1) is 18.6 Å². The van der Waals surface area contributed by atoms with Gasteiger partial charge >= 0.3 is 5.97 Å². The number of hydrogen-bond donors (Lipinski definition) is 14. The number of hydrogen-bond acceptors (Lipinski definition) is 17. The van der Waals surface area contributed by atoms with Crippen LogP contribution in [0, 0.1) is 47.3 Å². The Kier molecular flexibility index (Phi) is 38.5. The van der Waals surface area contributed by atoms with Crippen molar-refractivity contribution in [2.75, 3.05) is 13.1 Å². The van der Waals surface area contributed by atoms with Gasteiger partial charge in [0.25, 0.3) is 5.91 Å². The Morgan fingerprint density at radius 3 is 1.72 bits per heavy atom. The Balaban J connectivity index is 1.98. The lowest BCUT2D eigenvalue weighted by Gasteiger charge is -2.33. The van der Waals surface area contributed by atoms with Crippen molar-refractivity contribution >= 4 is 82.8 Å². The fourth-order valence-electron chi connectivity index (χ4n) is 12.3. The molecule has 0 spiro atoms. The number of cyclic esters (lactones) is 1. The summed E-state index contributed by atoms with van der Waals surface area (Å²) in [7, 11) is 0. The van der Waals surface area contributed by atoms with Gasteiger partial charge in [0.2, 0.25) is 70.9 Å². The van der Waals surface area contributed by atoms with Crippen molar-refractivity contribution in [3.63, 3.8) is 0 Å². The predicted octanol–water partition coefficient (Wildman–Crippen LogP) is 2.23. The molecule has 2 aliphatic heterocycles. The standard InChI is InChI=1S/C76H126N14O16/c1-20-45(16)62-73(102)84-58(41(8)9)69(98)81-53(37-49-30-24-23-25-31-49)67(96)78-50(22-3)65(94)87-61(44(14)15)76(105)106-48(19)52(38-56(93)83-62)80-72(101)63(46(17)21-2)88-66(95)51(32-27-35-77)79-68(97)54-33-28-36-90(54)75(104)60(43(12)13)86-71(100)59(42(10)11)85-74(103)64(47(18)91)89-70(99)57(40(6)7)82-55(92)34-26-29-39(4)5/h22-25,30-31,39-48,51-54,57-64,91H,20-21,26-29,32-38,77H2,1-19H3,(H,78,96)(H,79,97)(H,80,101)(H,81,98)(H,82,92)(H,83,93)(H,84,102)(H,85,103)(H,86,100)(H,87,94)(H,88,95)(H,89,99). The zero-order valence-electron chi connectivity index (χ0n) is 66.0. The van der Waals surface area contributed by atoms with Gasteiger partial charge < -0.3 is 84.3 Å². The lowest BCUT2D eigenvalue weighted by Crippen LogP contribution is -2.63. The largest absolute Gasteiger partial charge is 0.459 e. The maximum atomic E-state index is 15.0. The molecular weight excluding hydrogens is 1360 g/mol. The second-order valence-electron chi connectivity index (χ2n) is 30.6. The number of esters is 1. The van der Waals surface area contributed by atoms with E-state index < -0.39 is 209 Å². The van der Waals surface area contributed by atoms with Crippen LogP contribution in [0.2, 0.25) is 0 Å². The first-order chi connectivity index (χ1) is 49.7. The van der Waals surface area contributed by atoms with E-state index in [2.05, 4.69) is 63.8 Å². The van der Waals surface area contributed by atoms with E-state index in [0.717, 1.165) is 6.42 Å². The summed E-state index contributed by atoms with van der Waals surface area (Å²) >= 11 is 0. The molecule has 2 fully saturated rings. The highest BCUT2D eigenvalue weighted by Gasteiger charge is 2.44.